The predicted molar refractivity (Wildman–Crippen MR) is 111 cm³/mol. The monoisotopic (exact) mass is 385 g/mol. The minimum Gasteiger partial charge on any atom is -0.349 e. The first-order valence-corrected chi connectivity index (χ1v) is 9.54. The second-order valence-corrected chi connectivity index (χ2v) is 7.30. The van der Waals surface area contributed by atoms with Crippen molar-refractivity contribution >= 4 is 28.9 Å². The molecule has 2 N–H and O–H groups in total. The number of rotatable bonds is 3. The number of carbonyl (C=O) groups excluding carboxylic acids is 1. The van der Waals surface area contributed by atoms with Crippen molar-refractivity contribution in [1.29, 1.82) is 0 Å². The summed E-state index contributed by atoms with van der Waals surface area (Å²) in [5, 5.41) is 6.99. The van der Waals surface area contributed by atoms with Crippen LogP contribution in [0.5, 0.6) is 0 Å². The first kappa shape index (κ1) is 19.3. The van der Waals surface area contributed by atoms with Gasteiger partial charge in [-0.05, 0) is 62.2 Å². The normalized spacial score (nSPS) is 14.7. The van der Waals surface area contributed by atoms with Gasteiger partial charge in [0.1, 0.15) is 5.82 Å². The van der Waals surface area contributed by atoms with Crippen LogP contribution in [0.15, 0.2) is 42.5 Å². The number of amides is 1. The van der Waals surface area contributed by atoms with Gasteiger partial charge in [-0.1, -0.05) is 30.3 Å². The molecular weight excluding hydrogens is 361 g/mol. The van der Waals surface area contributed by atoms with Crippen LogP contribution in [0.2, 0.25) is 0 Å². The molecule has 0 atom stereocenters. The highest BCUT2D eigenvalue weighted by Gasteiger charge is 2.23. The summed E-state index contributed by atoms with van der Waals surface area (Å²) >= 11 is 5.57. The minimum absolute atomic E-state index is 0.0244. The molecule has 1 amide bonds. The number of nitrogens with zero attached hydrogens (tertiary/aromatic N) is 1. The number of anilines is 1. The van der Waals surface area contributed by atoms with E-state index in [0.717, 1.165) is 42.7 Å². The fraction of sp³-hybridized carbons (Fsp3) is 0.333. The second-order valence-electron chi connectivity index (χ2n) is 6.91. The number of hydrogen-bond acceptors (Lipinski definition) is 2. The zero-order valence-electron chi connectivity index (χ0n) is 15.6. The molecular formula is C21H24FN3OS. The number of para-hydroxylation sites is 1. The number of piperidine rings is 1. The van der Waals surface area contributed by atoms with Crippen LogP contribution in [0.1, 0.15) is 34.3 Å². The molecule has 6 heteroatoms. The first-order chi connectivity index (χ1) is 13.0. The summed E-state index contributed by atoms with van der Waals surface area (Å²) in [6.07, 6.45) is 1.55. The Bertz CT molecular complexity index is 827. The minimum atomic E-state index is -0.494. The van der Waals surface area contributed by atoms with E-state index >= 15 is 0 Å². The summed E-state index contributed by atoms with van der Waals surface area (Å²) < 4.78 is 13.7. The molecule has 1 heterocycles. The standard InChI is InChI=1S/C21H24FN3OS/c1-14-6-5-7-15(2)19(14)24-21(27)25-12-10-16(11-13-25)23-20(26)17-8-3-4-9-18(17)22/h3-9,16H,10-13H2,1-2H3,(H,23,26)(H,24,27). The van der Waals surface area contributed by atoms with Crippen molar-refractivity contribution in [2.45, 2.75) is 32.7 Å². The first-order valence-electron chi connectivity index (χ1n) is 9.13. The Morgan fingerprint density at radius 3 is 2.33 bits per heavy atom. The third-order valence-electron chi connectivity index (χ3n) is 4.95. The Kier molecular flexibility index (Phi) is 6.06. The molecule has 0 bridgehead atoms. The SMILES string of the molecule is Cc1cccc(C)c1NC(=S)N1CCC(NC(=O)c2ccccc2F)CC1. The summed E-state index contributed by atoms with van der Waals surface area (Å²) in [4.78, 5) is 14.4. The lowest BCUT2D eigenvalue weighted by molar-refractivity contribution is 0.0918. The van der Waals surface area contributed by atoms with Gasteiger partial charge < -0.3 is 15.5 Å². The number of aryl methyl sites for hydroxylation is 2. The van der Waals surface area contributed by atoms with Gasteiger partial charge in [0.05, 0.1) is 5.56 Å². The summed E-state index contributed by atoms with van der Waals surface area (Å²) in [6.45, 7) is 5.61. The van der Waals surface area contributed by atoms with Crippen LogP contribution in [-0.4, -0.2) is 35.1 Å². The van der Waals surface area contributed by atoms with Crippen molar-refractivity contribution in [3.05, 3.63) is 65.0 Å². The molecule has 1 fully saturated rings. The highest BCUT2D eigenvalue weighted by molar-refractivity contribution is 7.80. The van der Waals surface area contributed by atoms with Gasteiger partial charge in [0.15, 0.2) is 5.11 Å². The Morgan fingerprint density at radius 2 is 1.70 bits per heavy atom. The average molecular weight is 386 g/mol. The Balaban J connectivity index is 1.53. The number of likely N-dealkylation sites (tertiary alicyclic amines) is 1. The molecule has 0 saturated carbocycles. The van der Waals surface area contributed by atoms with E-state index in [2.05, 4.69) is 41.5 Å². The van der Waals surface area contributed by atoms with E-state index in [1.807, 2.05) is 6.07 Å². The van der Waals surface area contributed by atoms with E-state index in [-0.39, 0.29) is 17.5 Å². The van der Waals surface area contributed by atoms with Crippen molar-refractivity contribution in [3.8, 4) is 0 Å². The van der Waals surface area contributed by atoms with Gasteiger partial charge in [-0.3, -0.25) is 4.79 Å². The van der Waals surface area contributed by atoms with Crippen molar-refractivity contribution in [3.63, 3.8) is 0 Å². The van der Waals surface area contributed by atoms with Gasteiger partial charge in [0.2, 0.25) is 0 Å². The van der Waals surface area contributed by atoms with Gasteiger partial charge >= 0.3 is 0 Å². The molecule has 27 heavy (non-hydrogen) atoms. The topological polar surface area (TPSA) is 44.4 Å². The summed E-state index contributed by atoms with van der Waals surface area (Å²) in [5.74, 6) is -0.853. The molecule has 142 valence electrons. The molecule has 0 unspecified atom stereocenters. The number of carbonyl (C=O) groups is 1. The maximum absolute atomic E-state index is 13.7. The Labute approximate surface area is 164 Å². The molecule has 4 nitrogen and oxygen atoms in total. The molecule has 3 rings (SSSR count). The molecule has 1 saturated heterocycles. The fourth-order valence-electron chi connectivity index (χ4n) is 3.33. The molecule has 0 spiro atoms. The van der Waals surface area contributed by atoms with Crippen LogP contribution in [-0.2, 0) is 0 Å². The van der Waals surface area contributed by atoms with Crippen molar-refractivity contribution in [1.82, 2.24) is 10.2 Å². The number of halogens is 1. The molecule has 0 radical (unpaired) electrons. The molecule has 1 aliphatic heterocycles. The molecule has 0 aromatic heterocycles. The van der Waals surface area contributed by atoms with Gasteiger partial charge in [0, 0.05) is 24.8 Å². The zero-order valence-corrected chi connectivity index (χ0v) is 16.4. The third-order valence-corrected chi connectivity index (χ3v) is 5.31. The average Bonchev–Trinajstić information content (AvgIpc) is 2.65. The van der Waals surface area contributed by atoms with E-state index in [1.165, 1.54) is 12.1 Å². The number of thiocarbonyl (C=S) groups is 1. The highest BCUT2D eigenvalue weighted by atomic mass is 32.1. The molecule has 2 aromatic carbocycles. The van der Waals surface area contributed by atoms with E-state index in [9.17, 15) is 9.18 Å². The lowest BCUT2D eigenvalue weighted by atomic mass is 10.0. The summed E-state index contributed by atoms with van der Waals surface area (Å²) in [5.41, 5.74) is 3.46. The highest BCUT2D eigenvalue weighted by Crippen LogP contribution is 2.21. The Morgan fingerprint density at radius 1 is 1.07 bits per heavy atom. The third kappa shape index (κ3) is 4.63. The molecule has 0 aliphatic carbocycles. The zero-order chi connectivity index (χ0) is 19.4. The van der Waals surface area contributed by atoms with Gasteiger partial charge in [-0.25, -0.2) is 4.39 Å². The van der Waals surface area contributed by atoms with Gasteiger partial charge in [-0.15, -0.1) is 0 Å². The lowest BCUT2D eigenvalue weighted by Gasteiger charge is -2.34. The van der Waals surface area contributed by atoms with E-state index < -0.39 is 5.82 Å². The summed E-state index contributed by atoms with van der Waals surface area (Å²) in [7, 11) is 0. The number of hydrogen-bond donors (Lipinski definition) is 2. The van der Waals surface area contributed by atoms with Gasteiger partial charge in [0.25, 0.3) is 5.91 Å². The Hall–Kier alpha value is -2.47. The molecule has 2 aromatic rings. The number of benzene rings is 2. The van der Waals surface area contributed by atoms with Crippen molar-refractivity contribution in [2.24, 2.45) is 0 Å². The number of nitrogens with one attached hydrogen (secondary N) is 2. The smallest absolute Gasteiger partial charge is 0.254 e. The van der Waals surface area contributed by atoms with Crippen molar-refractivity contribution < 1.29 is 9.18 Å². The predicted octanol–water partition coefficient (Wildman–Crippen LogP) is 4.03. The van der Waals surface area contributed by atoms with Gasteiger partial charge in [-0.2, -0.15) is 0 Å². The van der Waals surface area contributed by atoms with Crippen LogP contribution in [0.4, 0.5) is 10.1 Å². The summed E-state index contributed by atoms with van der Waals surface area (Å²) in [6, 6.07) is 12.2. The largest absolute Gasteiger partial charge is 0.349 e. The quantitative estimate of drug-likeness (QED) is 0.783. The van der Waals surface area contributed by atoms with Crippen LogP contribution in [0, 0.1) is 19.7 Å². The van der Waals surface area contributed by atoms with Crippen LogP contribution in [0.25, 0.3) is 0 Å². The van der Waals surface area contributed by atoms with Crippen LogP contribution < -0.4 is 10.6 Å². The van der Waals surface area contributed by atoms with Crippen molar-refractivity contribution in [2.75, 3.05) is 18.4 Å². The maximum atomic E-state index is 13.7. The van der Waals surface area contributed by atoms with E-state index in [0.29, 0.717) is 5.11 Å². The fourth-order valence-corrected chi connectivity index (χ4v) is 3.62. The molecule has 1 aliphatic rings. The maximum Gasteiger partial charge on any atom is 0.254 e. The van der Waals surface area contributed by atoms with Crippen LogP contribution >= 0.6 is 12.2 Å². The van der Waals surface area contributed by atoms with Crippen LogP contribution in [0.3, 0.4) is 0 Å². The van der Waals surface area contributed by atoms with E-state index in [1.54, 1.807) is 12.1 Å². The lowest BCUT2D eigenvalue weighted by Crippen LogP contribution is -2.47. The second kappa shape index (κ2) is 8.48. The van der Waals surface area contributed by atoms with E-state index in [4.69, 9.17) is 12.2 Å².